The van der Waals surface area contributed by atoms with Gasteiger partial charge in [-0.25, -0.2) is 0 Å². The van der Waals surface area contributed by atoms with Gasteiger partial charge in [-0.2, -0.15) is 0 Å². The number of amides is 1. The highest BCUT2D eigenvalue weighted by Crippen LogP contribution is 2.03. The fourth-order valence-electron chi connectivity index (χ4n) is 1.83. The van der Waals surface area contributed by atoms with E-state index in [0.29, 0.717) is 0 Å². The minimum Gasteiger partial charge on any atom is -0.343 e. The normalized spacial score (nSPS) is 20.9. The molecule has 0 atom stereocenters. The second kappa shape index (κ2) is 5.22. The van der Waals surface area contributed by atoms with Crippen molar-refractivity contribution in [3.05, 3.63) is 0 Å². The summed E-state index contributed by atoms with van der Waals surface area (Å²) in [5.74, 6) is 0.227. The van der Waals surface area contributed by atoms with Gasteiger partial charge in [0.25, 0.3) is 0 Å². The molecule has 1 saturated heterocycles. The summed E-state index contributed by atoms with van der Waals surface area (Å²) in [6.07, 6.45) is 2.24. The molecule has 0 bridgehead atoms. The maximum absolute atomic E-state index is 11.1. The molecule has 1 aliphatic heterocycles. The van der Waals surface area contributed by atoms with Gasteiger partial charge in [0.1, 0.15) is 0 Å². The van der Waals surface area contributed by atoms with Gasteiger partial charge in [-0.1, -0.05) is 6.92 Å². The second-order valence-corrected chi connectivity index (χ2v) is 3.65. The lowest BCUT2D eigenvalue weighted by Crippen LogP contribution is -2.38. The van der Waals surface area contributed by atoms with Gasteiger partial charge in [0, 0.05) is 20.0 Å². The number of carbonyl (C=O) groups is 1. The maximum Gasteiger partial charge on any atom is 0.219 e. The first-order valence-electron chi connectivity index (χ1n) is 5.22. The van der Waals surface area contributed by atoms with Crippen LogP contribution in [-0.4, -0.2) is 48.4 Å². The Labute approximate surface area is 80.7 Å². The highest BCUT2D eigenvalue weighted by molar-refractivity contribution is 5.73. The predicted molar refractivity (Wildman–Crippen MR) is 53.6 cm³/mol. The van der Waals surface area contributed by atoms with E-state index in [1.54, 1.807) is 6.92 Å². The van der Waals surface area contributed by atoms with Gasteiger partial charge in [-0.05, 0) is 32.5 Å². The summed E-state index contributed by atoms with van der Waals surface area (Å²) in [6.45, 7) is 9.15. The van der Waals surface area contributed by atoms with E-state index in [0.717, 1.165) is 45.6 Å². The Morgan fingerprint density at radius 3 is 2.08 bits per heavy atom. The lowest BCUT2D eigenvalue weighted by atomic mass is 10.2. The molecule has 1 heterocycles. The van der Waals surface area contributed by atoms with Crippen LogP contribution in [0.4, 0.5) is 0 Å². The summed E-state index contributed by atoms with van der Waals surface area (Å²) in [7, 11) is 0. The molecule has 1 aliphatic rings. The topological polar surface area (TPSA) is 23.6 Å². The Kier molecular flexibility index (Phi) is 4.22. The van der Waals surface area contributed by atoms with Crippen LogP contribution >= 0.6 is 0 Å². The number of carbonyl (C=O) groups excluding carboxylic acids is 1. The average Bonchev–Trinajstić information content (AvgIpc) is 2.03. The summed E-state index contributed by atoms with van der Waals surface area (Å²) in [5, 5.41) is 0. The van der Waals surface area contributed by atoms with E-state index in [1.807, 2.05) is 4.90 Å². The molecule has 3 nitrogen and oxygen atoms in total. The van der Waals surface area contributed by atoms with E-state index >= 15 is 0 Å². The molecule has 0 radical (unpaired) electrons. The molecule has 0 spiro atoms. The fourth-order valence-corrected chi connectivity index (χ4v) is 1.83. The molecule has 1 fully saturated rings. The largest absolute Gasteiger partial charge is 0.343 e. The second-order valence-electron chi connectivity index (χ2n) is 3.65. The van der Waals surface area contributed by atoms with Crippen LogP contribution in [0.3, 0.4) is 0 Å². The van der Waals surface area contributed by atoms with Crippen molar-refractivity contribution in [2.75, 3.05) is 32.7 Å². The van der Waals surface area contributed by atoms with E-state index in [4.69, 9.17) is 0 Å². The highest BCUT2D eigenvalue weighted by atomic mass is 16.2. The lowest BCUT2D eigenvalue weighted by molar-refractivity contribution is -0.129. The minimum absolute atomic E-state index is 0.227. The van der Waals surface area contributed by atoms with Gasteiger partial charge < -0.3 is 9.80 Å². The van der Waals surface area contributed by atoms with Crippen LogP contribution in [0.15, 0.2) is 0 Å². The zero-order valence-corrected chi connectivity index (χ0v) is 8.75. The number of hydrogen-bond donors (Lipinski definition) is 0. The van der Waals surface area contributed by atoms with Crippen molar-refractivity contribution in [2.45, 2.75) is 26.7 Å². The van der Waals surface area contributed by atoms with Gasteiger partial charge in [-0.3, -0.25) is 4.79 Å². The van der Waals surface area contributed by atoms with E-state index in [2.05, 4.69) is 11.8 Å². The molecular formula is C10H20N2O. The first kappa shape index (κ1) is 10.5. The van der Waals surface area contributed by atoms with Gasteiger partial charge in [-0.15, -0.1) is 0 Å². The van der Waals surface area contributed by atoms with Crippen molar-refractivity contribution in [3.63, 3.8) is 0 Å². The molecule has 3 heteroatoms. The summed E-state index contributed by atoms with van der Waals surface area (Å²) < 4.78 is 0. The van der Waals surface area contributed by atoms with Crippen LogP contribution < -0.4 is 0 Å². The van der Waals surface area contributed by atoms with Crippen molar-refractivity contribution >= 4 is 5.91 Å². The Hall–Kier alpha value is -0.570. The highest BCUT2D eigenvalue weighted by Gasteiger charge is 2.12. The number of hydrogen-bond acceptors (Lipinski definition) is 2. The SMILES string of the molecule is CCN1CCCN(C(C)=O)CCC1. The number of rotatable bonds is 1. The zero-order valence-electron chi connectivity index (χ0n) is 8.75. The van der Waals surface area contributed by atoms with Crippen LogP contribution in [0.5, 0.6) is 0 Å². The Balaban J connectivity index is 2.34. The molecule has 13 heavy (non-hydrogen) atoms. The van der Waals surface area contributed by atoms with Crippen molar-refractivity contribution in [3.8, 4) is 0 Å². The van der Waals surface area contributed by atoms with Crippen LogP contribution in [0.1, 0.15) is 26.7 Å². The fraction of sp³-hybridized carbons (Fsp3) is 0.900. The molecule has 0 aromatic carbocycles. The molecule has 1 amide bonds. The molecule has 0 aromatic rings. The van der Waals surface area contributed by atoms with E-state index in [-0.39, 0.29) is 5.91 Å². The van der Waals surface area contributed by atoms with Gasteiger partial charge in [0.15, 0.2) is 0 Å². The summed E-state index contributed by atoms with van der Waals surface area (Å²) in [6, 6.07) is 0. The monoisotopic (exact) mass is 184 g/mol. The Morgan fingerprint density at radius 2 is 1.69 bits per heavy atom. The van der Waals surface area contributed by atoms with Gasteiger partial charge in [0.05, 0.1) is 0 Å². The lowest BCUT2D eigenvalue weighted by Gasteiger charge is -2.28. The molecule has 0 saturated carbocycles. The van der Waals surface area contributed by atoms with Crippen LogP contribution in [-0.2, 0) is 4.79 Å². The van der Waals surface area contributed by atoms with E-state index < -0.39 is 0 Å². The minimum atomic E-state index is 0.227. The number of nitrogens with zero attached hydrogens (tertiary/aromatic N) is 2. The Bertz CT molecular complexity index is 160. The molecule has 0 unspecified atom stereocenters. The third-order valence-corrected chi connectivity index (χ3v) is 2.70. The zero-order chi connectivity index (χ0) is 9.68. The molecule has 0 aromatic heterocycles. The average molecular weight is 184 g/mol. The molecule has 1 rings (SSSR count). The van der Waals surface area contributed by atoms with Crippen molar-refractivity contribution < 1.29 is 4.79 Å². The predicted octanol–water partition coefficient (Wildman–Crippen LogP) is 0.951. The van der Waals surface area contributed by atoms with Crippen molar-refractivity contribution in [1.82, 2.24) is 9.80 Å². The quantitative estimate of drug-likeness (QED) is 0.606. The Morgan fingerprint density at radius 1 is 1.15 bits per heavy atom. The third-order valence-electron chi connectivity index (χ3n) is 2.70. The third kappa shape index (κ3) is 3.35. The maximum atomic E-state index is 11.1. The van der Waals surface area contributed by atoms with Crippen LogP contribution in [0.25, 0.3) is 0 Å². The summed E-state index contributed by atoms with van der Waals surface area (Å²) in [4.78, 5) is 15.5. The van der Waals surface area contributed by atoms with Crippen LogP contribution in [0.2, 0.25) is 0 Å². The standard InChI is InChI=1S/C10H20N2O/c1-3-11-6-4-8-12(10(2)13)9-5-7-11/h3-9H2,1-2H3. The summed E-state index contributed by atoms with van der Waals surface area (Å²) >= 11 is 0. The van der Waals surface area contributed by atoms with E-state index in [9.17, 15) is 4.79 Å². The van der Waals surface area contributed by atoms with Gasteiger partial charge in [0.2, 0.25) is 5.91 Å². The van der Waals surface area contributed by atoms with Gasteiger partial charge >= 0.3 is 0 Å². The van der Waals surface area contributed by atoms with E-state index in [1.165, 1.54) is 0 Å². The molecule has 0 aliphatic carbocycles. The van der Waals surface area contributed by atoms with Crippen molar-refractivity contribution in [1.29, 1.82) is 0 Å². The molecule has 0 N–H and O–H groups in total. The first-order chi connectivity index (χ1) is 6.24. The first-order valence-corrected chi connectivity index (χ1v) is 5.22. The van der Waals surface area contributed by atoms with Crippen molar-refractivity contribution in [2.24, 2.45) is 0 Å². The van der Waals surface area contributed by atoms with Crippen LogP contribution in [0, 0.1) is 0 Å². The molecule has 76 valence electrons. The smallest absolute Gasteiger partial charge is 0.219 e. The molecular weight excluding hydrogens is 164 g/mol. The summed E-state index contributed by atoms with van der Waals surface area (Å²) in [5.41, 5.74) is 0.